The monoisotopic (exact) mass is 325 g/mol. The van der Waals surface area contributed by atoms with Crippen LogP contribution in [-0.4, -0.2) is 49.1 Å². The van der Waals surface area contributed by atoms with Crippen LogP contribution in [0.2, 0.25) is 0 Å². The number of benzene rings is 1. The predicted molar refractivity (Wildman–Crippen MR) is 98.2 cm³/mol. The SMILES string of the molecule is CN(C)Cc1cccc(CN(C)c2ncnc3c2CCNCC3)c1. The van der Waals surface area contributed by atoms with E-state index in [9.17, 15) is 0 Å². The van der Waals surface area contributed by atoms with Gasteiger partial charge in [-0.2, -0.15) is 0 Å². The van der Waals surface area contributed by atoms with Gasteiger partial charge >= 0.3 is 0 Å². The van der Waals surface area contributed by atoms with Crippen LogP contribution in [0.3, 0.4) is 0 Å². The highest BCUT2D eigenvalue weighted by Gasteiger charge is 2.17. The van der Waals surface area contributed by atoms with Gasteiger partial charge < -0.3 is 15.1 Å². The lowest BCUT2D eigenvalue weighted by molar-refractivity contribution is 0.402. The molecular formula is C19H27N5. The Hall–Kier alpha value is -1.98. The zero-order chi connectivity index (χ0) is 16.9. The molecule has 3 rings (SSSR count). The molecule has 0 aliphatic carbocycles. The lowest BCUT2D eigenvalue weighted by atomic mass is 10.1. The minimum atomic E-state index is 0.859. The van der Waals surface area contributed by atoms with Crippen LogP contribution in [0.15, 0.2) is 30.6 Å². The number of aromatic nitrogens is 2. The fourth-order valence-electron chi connectivity index (χ4n) is 3.32. The summed E-state index contributed by atoms with van der Waals surface area (Å²) < 4.78 is 0. The van der Waals surface area contributed by atoms with Gasteiger partial charge in [0, 0.05) is 38.7 Å². The van der Waals surface area contributed by atoms with Gasteiger partial charge in [-0.3, -0.25) is 0 Å². The number of nitrogens with one attached hydrogen (secondary N) is 1. The van der Waals surface area contributed by atoms with Crippen molar-refractivity contribution >= 4 is 5.82 Å². The second-order valence-electron chi connectivity index (χ2n) is 6.79. The standard InChI is InChI=1S/C19H27N5/c1-23(2)12-15-5-4-6-16(11-15)13-24(3)19-17-7-9-20-10-8-18(17)21-14-22-19/h4-6,11,14,20H,7-10,12-13H2,1-3H3. The normalized spacial score (nSPS) is 14.3. The van der Waals surface area contributed by atoms with Crippen LogP contribution in [0.25, 0.3) is 0 Å². The Kier molecular flexibility index (Phi) is 5.43. The minimum absolute atomic E-state index is 0.859. The van der Waals surface area contributed by atoms with Crippen molar-refractivity contribution in [3.05, 3.63) is 53.0 Å². The summed E-state index contributed by atoms with van der Waals surface area (Å²) in [5.74, 6) is 1.07. The van der Waals surface area contributed by atoms with E-state index >= 15 is 0 Å². The summed E-state index contributed by atoms with van der Waals surface area (Å²) >= 11 is 0. The van der Waals surface area contributed by atoms with Crippen molar-refractivity contribution in [3.8, 4) is 0 Å². The van der Waals surface area contributed by atoms with Crippen LogP contribution < -0.4 is 10.2 Å². The van der Waals surface area contributed by atoms with Crippen molar-refractivity contribution in [1.29, 1.82) is 0 Å². The van der Waals surface area contributed by atoms with E-state index < -0.39 is 0 Å². The van der Waals surface area contributed by atoms with Crippen molar-refractivity contribution in [2.45, 2.75) is 25.9 Å². The number of nitrogens with zero attached hydrogens (tertiary/aromatic N) is 4. The first kappa shape index (κ1) is 16.9. The Morgan fingerprint density at radius 3 is 2.54 bits per heavy atom. The Bertz CT molecular complexity index is 683. The maximum atomic E-state index is 4.58. The fraction of sp³-hybridized carbons (Fsp3) is 0.474. The number of fused-ring (bicyclic) bond motifs is 1. The molecule has 0 radical (unpaired) electrons. The lowest BCUT2D eigenvalue weighted by Crippen LogP contribution is -2.21. The first-order chi connectivity index (χ1) is 11.6. The smallest absolute Gasteiger partial charge is 0.135 e. The van der Waals surface area contributed by atoms with E-state index in [4.69, 9.17) is 0 Å². The van der Waals surface area contributed by atoms with Gasteiger partial charge in [0.15, 0.2) is 0 Å². The number of rotatable bonds is 5. The van der Waals surface area contributed by atoms with Gasteiger partial charge in [0.1, 0.15) is 12.1 Å². The highest BCUT2D eigenvalue weighted by Crippen LogP contribution is 2.22. The van der Waals surface area contributed by atoms with E-state index in [1.807, 2.05) is 0 Å². The third-order valence-corrected chi connectivity index (χ3v) is 4.37. The summed E-state index contributed by atoms with van der Waals surface area (Å²) in [6.45, 7) is 3.82. The molecule has 2 aromatic rings. The predicted octanol–water partition coefficient (Wildman–Crippen LogP) is 1.86. The molecule has 0 bridgehead atoms. The third-order valence-electron chi connectivity index (χ3n) is 4.37. The first-order valence-electron chi connectivity index (χ1n) is 8.60. The lowest BCUT2D eigenvalue weighted by Gasteiger charge is -2.22. The maximum Gasteiger partial charge on any atom is 0.135 e. The van der Waals surface area contributed by atoms with Crippen molar-refractivity contribution in [3.63, 3.8) is 0 Å². The average molecular weight is 325 g/mol. The average Bonchev–Trinajstić information content (AvgIpc) is 2.79. The molecule has 1 N–H and O–H groups in total. The maximum absolute atomic E-state index is 4.58. The molecule has 0 saturated carbocycles. The molecule has 0 saturated heterocycles. The first-order valence-corrected chi connectivity index (χ1v) is 8.60. The van der Waals surface area contributed by atoms with E-state index in [1.54, 1.807) is 6.33 Å². The van der Waals surface area contributed by atoms with Gasteiger partial charge in [-0.25, -0.2) is 9.97 Å². The summed E-state index contributed by atoms with van der Waals surface area (Å²) in [5.41, 5.74) is 5.15. The van der Waals surface area contributed by atoms with Crippen molar-refractivity contribution < 1.29 is 0 Å². The van der Waals surface area contributed by atoms with E-state index in [1.165, 1.54) is 22.4 Å². The van der Waals surface area contributed by atoms with Gasteiger partial charge in [-0.05, 0) is 38.2 Å². The van der Waals surface area contributed by atoms with Crippen molar-refractivity contribution in [1.82, 2.24) is 20.2 Å². The summed E-state index contributed by atoms with van der Waals surface area (Å²) in [7, 11) is 6.32. The fourth-order valence-corrected chi connectivity index (χ4v) is 3.32. The number of hydrogen-bond acceptors (Lipinski definition) is 5. The molecular weight excluding hydrogens is 298 g/mol. The zero-order valence-electron chi connectivity index (χ0n) is 14.9. The van der Waals surface area contributed by atoms with E-state index in [2.05, 4.69) is 70.5 Å². The second-order valence-corrected chi connectivity index (χ2v) is 6.79. The van der Waals surface area contributed by atoms with Gasteiger partial charge in [-0.1, -0.05) is 24.3 Å². The topological polar surface area (TPSA) is 44.3 Å². The molecule has 5 nitrogen and oxygen atoms in total. The molecule has 128 valence electrons. The molecule has 0 atom stereocenters. The molecule has 1 aromatic carbocycles. The second kappa shape index (κ2) is 7.73. The molecule has 1 aliphatic heterocycles. The molecule has 1 aromatic heterocycles. The number of hydrogen-bond donors (Lipinski definition) is 1. The molecule has 0 unspecified atom stereocenters. The van der Waals surface area contributed by atoms with E-state index in [0.717, 1.165) is 44.8 Å². The highest BCUT2D eigenvalue weighted by molar-refractivity contribution is 5.49. The quantitative estimate of drug-likeness (QED) is 0.909. The molecule has 5 heteroatoms. The summed E-state index contributed by atoms with van der Waals surface area (Å²) in [5, 5.41) is 3.44. The summed E-state index contributed by atoms with van der Waals surface area (Å²) in [6.07, 6.45) is 3.69. The third kappa shape index (κ3) is 4.10. The Balaban J connectivity index is 1.79. The molecule has 24 heavy (non-hydrogen) atoms. The molecule has 0 amide bonds. The zero-order valence-corrected chi connectivity index (χ0v) is 14.9. The molecule has 0 spiro atoms. The van der Waals surface area contributed by atoms with Crippen LogP contribution in [0.1, 0.15) is 22.4 Å². The summed E-state index contributed by atoms with van der Waals surface area (Å²) in [4.78, 5) is 13.5. The van der Waals surface area contributed by atoms with Gasteiger partial charge in [0.05, 0.1) is 5.69 Å². The largest absolute Gasteiger partial charge is 0.355 e. The Labute approximate surface area is 144 Å². The van der Waals surface area contributed by atoms with Crippen LogP contribution in [0.4, 0.5) is 5.82 Å². The van der Waals surface area contributed by atoms with Crippen molar-refractivity contribution in [2.75, 3.05) is 39.1 Å². The number of anilines is 1. The molecule has 0 fully saturated rings. The van der Waals surface area contributed by atoms with E-state index in [-0.39, 0.29) is 0 Å². The van der Waals surface area contributed by atoms with Crippen molar-refractivity contribution in [2.24, 2.45) is 0 Å². The van der Waals surface area contributed by atoms with Crippen LogP contribution >= 0.6 is 0 Å². The molecule has 2 heterocycles. The van der Waals surface area contributed by atoms with E-state index in [0.29, 0.717) is 0 Å². The Morgan fingerprint density at radius 2 is 1.75 bits per heavy atom. The minimum Gasteiger partial charge on any atom is -0.355 e. The van der Waals surface area contributed by atoms with Gasteiger partial charge in [0.2, 0.25) is 0 Å². The van der Waals surface area contributed by atoms with Crippen LogP contribution in [0.5, 0.6) is 0 Å². The van der Waals surface area contributed by atoms with Crippen LogP contribution in [-0.2, 0) is 25.9 Å². The van der Waals surface area contributed by atoms with Crippen LogP contribution in [0, 0.1) is 0 Å². The molecule has 1 aliphatic rings. The summed E-state index contributed by atoms with van der Waals surface area (Å²) in [6, 6.07) is 8.81. The van der Waals surface area contributed by atoms with Gasteiger partial charge in [-0.15, -0.1) is 0 Å². The van der Waals surface area contributed by atoms with Gasteiger partial charge in [0.25, 0.3) is 0 Å². The highest BCUT2D eigenvalue weighted by atomic mass is 15.2. The Morgan fingerprint density at radius 1 is 1.00 bits per heavy atom.